The lowest BCUT2D eigenvalue weighted by Gasteiger charge is -2.20. The average Bonchev–Trinajstić information content (AvgIpc) is 2.24. The lowest BCUT2D eigenvalue weighted by Crippen LogP contribution is -2.19. The molecule has 0 spiro atoms. The van der Waals surface area contributed by atoms with Crippen molar-refractivity contribution in [1.82, 2.24) is 0 Å². The molecule has 4 unspecified atom stereocenters. The van der Waals surface area contributed by atoms with Gasteiger partial charge in [0.1, 0.15) is 0 Å². The molecule has 2 rings (SSSR count). The first-order valence-electron chi connectivity index (χ1n) is 3.78. The topological polar surface area (TPSA) is 20.2 Å². The second-order valence-corrected chi connectivity index (χ2v) is 3.55. The summed E-state index contributed by atoms with van der Waals surface area (Å²) in [6.45, 7) is 4.04. The van der Waals surface area contributed by atoms with Gasteiger partial charge < -0.3 is 5.11 Å². The molecule has 0 aromatic rings. The van der Waals surface area contributed by atoms with E-state index in [0.717, 1.165) is 12.3 Å². The van der Waals surface area contributed by atoms with E-state index in [1.165, 1.54) is 12.8 Å². The van der Waals surface area contributed by atoms with Crippen LogP contribution in [0.1, 0.15) is 19.3 Å². The molecule has 0 saturated heterocycles. The smallest absolute Gasteiger partial charge is 0.0571 e. The maximum Gasteiger partial charge on any atom is 0.0571 e. The first kappa shape index (κ1) is 5.72. The van der Waals surface area contributed by atoms with Crippen molar-refractivity contribution in [2.24, 2.45) is 17.8 Å². The van der Waals surface area contributed by atoms with Gasteiger partial charge in [0.25, 0.3) is 0 Å². The maximum atomic E-state index is 9.31. The molecule has 51 valence electrons. The molecule has 0 aliphatic heterocycles. The molecule has 2 bridgehead atoms. The van der Waals surface area contributed by atoms with Crippen molar-refractivity contribution < 1.29 is 5.11 Å². The molecule has 0 aromatic heterocycles. The number of hydrogen-bond donors (Lipinski definition) is 1. The van der Waals surface area contributed by atoms with E-state index < -0.39 is 0 Å². The molecule has 2 saturated carbocycles. The Balaban J connectivity index is 2.10. The summed E-state index contributed by atoms with van der Waals surface area (Å²) in [5.74, 6) is 2.01. The minimum Gasteiger partial charge on any atom is -0.393 e. The zero-order chi connectivity index (χ0) is 6.43. The number of fused-ring (bicyclic) bond motifs is 2. The Bertz CT molecular complexity index is 104. The number of hydrogen-bond acceptors (Lipinski definition) is 1. The van der Waals surface area contributed by atoms with Crippen LogP contribution < -0.4 is 0 Å². The fraction of sp³-hybridized carbons (Fsp3) is 0.875. The lowest BCUT2D eigenvalue weighted by atomic mass is 9.89. The minimum atomic E-state index is 0.0213. The number of aliphatic hydroxyl groups is 1. The van der Waals surface area contributed by atoms with Crippen LogP contribution in [-0.4, -0.2) is 11.2 Å². The van der Waals surface area contributed by atoms with Crippen LogP contribution in [0.3, 0.4) is 0 Å². The molecule has 2 aliphatic rings. The van der Waals surface area contributed by atoms with Gasteiger partial charge in [0.15, 0.2) is 0 Å². The summed E-state index contributed by atoms with van der Waals surface area (Å²) in [4.78, 5) is 0. The standard InChI is InChI=1S/C8H13O/c1-5-2-7-3-6(5)4-8(7)9/h5-9H,1-4H2. The minimum absolute atomic E-state index is 0.0213. The molecule has 1 nitrogen and oxygen atoms in total. The Morgan fingerprint density at radius 1 is 1.11 bits per heavy atom. The zero-order valence-electron chi connectivity index (χ0n) is 5.59. The molecule has 2 fully saturated rings. The second kappa shape index (κ2) is 1.72. The molecule has 4 atom stereocenters. The van der Waals surface area contributed by atoms with E-state index in [0.29, 0.717) is 11.8 Å². The van der Waals surface area contributed by atoms with E-state index in [9.17, 15) is 5.11 Å². The Labute approximate surface area is 56.1 Å². The van der Waals surface area contributed by atoms with E-state index in [-0.39, 0.29) is 6.10 Å². The van der Waals surface area contributed by atoms with Gasteiger partial charge in [-0.1, -0.05) is 0 Å². The largest absolute Gasteiger partial charge is 0.393 e. The zero-order valence-corrected chi connectivity index (χ0v) is 5.59. The fourth-order valence-electron chi connectivity index (χ4n) is 2.36. The predicted molar refractivity (Wildman–Crippen MR) is 35.7 cm³/mol. The van der Waals surface area contributed by atoms with E-state index >= 15 is 0 Å². The molecule has 0 amide bonds. The van der Waals surface area contributed by atoms with Gasteiger partial charge in [-0.25, -0.2) is 0 Å². The summed E-state index contributed by atoms with van der Waals surface area (Å²) < 4.78 is 0. The van der Waals surface area contributed by atoms with Crippen molar-refractivity contribution in [1.29, 1.82) is 0 Å². The van der Waals surface area contributed by atoms with Crippen molar-refractivity contribution in [3.63, 3.8) is 0 Å². The van der Waals surface area contributed by atoms with E-state index in [1.54, 1.807) is 0 Å². The van der Waals surface area contributed by atoms with Crippen LogP contribution in [0, 0.1) is 24.7 Å². The fourth-order valence-corrected chi connectivity index (χ4v) is 2.36. The van der Waals surface area contributed by atoms with Crippen LogP contribution in [0.4, 0.5) is 0 Å². The van der Waals surface area contributed by atoms with Crippen LogP contribution in [-0.2, 0) is 0 Å². The molecule has 0 heterocycles. The molecular formula is C8H13O. The van der Waals surface area contributed by atoms with E-state index in [2.05, 4.69) is 6.92 Å². The van der Waals surface area contributed by atoms with Crippen LogP contribution in [0.2, 0.25) is 0 Å². The van der Waals surface area contributed by atoms with Crippen molar-refractivity contribution in [2.45, 2.75) is 25.4 Å². The van der Waals surface area contributed by atoms with Gasteiger partial charge in [0, 0.05) is 0 Å². The third kappa shape index (κ3) is 0.710. The Kier molecular flexibility index (Phi) is 1.10. The Morgan fingerprint density at radius 3 is 2.22 bits per heavy atom. The van der Waals surface area contributed by atoms with Gasteiger partial charge >= 0.3 is 0 Å². The first-order valence-corrected chi connectivity index (χ1v) is 3.78. The van der Waals surface area contributed by atoms with Crippen LogP contribution in [0.5, 0.6) is 0 Å². The first-order chi connectivity index (χ1) is 4.27. The van der Waals surface area contributed by atoms with Gasteiger partial charge in [-0.15, -0.1) is 0 Å². The monoisotopic (exact) mass is 125 g/mol. The SMILES string of the molecule is [CH2]C1CC2CC1CC2O. The maximum absolute atomic E-state index is 9.31. The van der Waals surface area contributed by atoms with Crippen molar-refractivity contribution in [3.05, 3.63) is 6.92 Å². The highest BCUT2D eigenvalue weighted by Gasteiger charge is 2.42. The highest BCUT2D eigenvalue weighted by Crippen LogP contribution is 2.47. The van der Waals surface area contributed by atoms with E-state index in [4.69, 9.17) is 0 Å². The van der Waals surface area contributed by atoms with Crippen molar-refractivity contribution in [2.75, 3.05) is 0 Å². The van der Waals surface area contributed by atoms with Crippen molar-refractivity contribution in [3.8, 4) is 0 Å². The highest BCUT2D eigenvalue weighted by molar-refractivity contribution is 4.95. The van der Waals surface area contributed by atoms with Gasteiger partial charge in [-0.05, 0) is 43.9 Å². The van der Waals surface area contributed by atoms with Crippen molar-refractivity contribution >= 4 is 0 Å². The van der Waals surface area contributed by atoms with Gasteiger partial charge in [-0.2, -0.15) is 0 Å². The summed E-state index contributed by atoms with van der Waals surface area (Å²) >= 11 is 0. The summed E-state index contributed by atoms with van der Waals surface area (Å²) in [5, 5.41) is 9.31. The summed E-state index contributed by atoms with van der Waals surface area (Å²) in [7, 11) is 0. The second-order valence-electron chi connectivity index (χ2n) is 3.55. The normalized spacial score (nSPS) is 56.7. The van der Waals surface area contributed by atoms with Crippen LogP contribution in [0.15, 0.2) is 0 Å². The summed E-state index contributed by atoms with van der Waals surface area (Å²) in [6, 6.07) is 0. The molecule has 1 radical (unpaired) electrons. The summed E-state index contributed by atoms with van der Waals surface area (Å²) in [6.07, 6.45) is 3.47. The van der Waals surface area contributed by atoms with Crippen LogP contribution in [0.25, 0.3) is 0 Å². The lowest BCUT2D eigenvalue weighted by molar-refractivity contribution is 0.103. The van der Waals surface area contributed by atoms with Crippen LogP contribution >= 0.6 is 0 Å². The Morgan fingerprint density at radius 2 is 1.89 bits per heavy atom. The third-order valence-electron chi connectivity index (χ3n) is 2.97. The van der Waals surface area contributed by atoms with Gasteiger partial charge in [0.05, 0.1) is 6.10 Å². The average molecular weight is 125 g/mol. The molecule has 0 aromatic carbocycles. The van der Waals surface area contributed by atoms with E-state index in [1.807, 2.05) is 0 Å². The molecule has 1 heteroatoms. The number of rotatable bonds is 0. The quantitative estimate of drug-likeness (QED) is 0.516. The molecule has 9 heavy (non-hydrogen) atoms. The Hall–Kier alpha value is -0.0400. The molecule has 1 N–H and O–H groups in total. The molecule has 2 aliphatic carbocycles. The predicted octanol–water partition coefficient (Wildman–Crippen LogP) is 1.23. The summed E-state index contributed by atoms with van der Waals surface area (Å²) in [5.41, 5.74) is 0. The van der Waals surface area contributed by atoms with Gasteiger partial charge in [0.2, 0.25) is 0 Å². The molecular weight excluding hydrogens is 112 g/mol. The third-order valence-corrected chi connectivity index (χ3v) is 2.97. The van der Waals surface area contributed by atoms with Gasteiger partial charge in [-0.3, -0.25) is 0 Å². The number of aliphatic hydroxyl groups excluding tert-OH is 1. The highest BCUT2D eigenvalue weighted by atomic mass is 16.3.